The number of carbonyl (C=O) groups is 2. The highest BCUT2D eigenvalue weighted by Crippen LogP contribution is 2.23. The minimum atomic E-state index is -4.39. The van der Waals surface area contributed by atoms with Gasteiger partial charge in [0.1, 0.15) is 11.5 Å². The van der Waals surface area contributed by atoms with Crippen molar-refractivity contribution in [1.82, 2.24) is 4.98 Å². The molecule has 1 rings (SSSR count). The number of nitrogens with one attached hydrogen (secondary N) is 1. The standard InChI is InChI=1S/C10H11F3N2O4S/c1-5(16)7-6(8(17)18)15-9(20-7)14-2-3-19-4-10(11,12)13/h2-4H2,1H3,(H,14,15)(H,17,18). The van der Waals surface area contributed by atoms with E-state index in [1.807, 2.05) is 0 Å². The summed E-state index contributed by atoms with van der Waals surface area (Å²) in [6.07, 6.45) is -4.39. The third-order valence-corrected chi connectivity index (χ3v) is 3.05. The molecule has 0 atom stereocenters. The first kappa shape index (κ1) is 16.4. The van der Waals surface area contributed by atoms with Crippen LogP contribution >= 0.6 is 11.3 Å². The Morgan fingerprint density at radius 1 is 1.45 bits per heavy atom. The second-order valence-electron chi connectivity index (χ2n) is 3.65. The van der Waals surface area contributed by atoms with Crippen LogP contribution < -0.4 is 5.32 Å². The van der Waals surface area contributed by atoms with Gasteiger partial charge in [-0.15, -0.1) is 0 Å². The number of ether oxygens (including phenoxy) is 1. The molecule has 20 heavy (non-hydrogen) atoms. The summed E-state index contributed by atoms with van der Waals surface area (Å²) in [6.45, 7) is -0.362. The Labute approximate surface area is 115 Å². The van der Waals surface area contributed by atoms with Crippen LogP contribution in [0.15, 0.2) is 0 Å². The molecule has 0 saturated carbocycles. The van der Waals surface area contributed by atoms with E-state index in [1.54, 1.807) is 0 Å². The number of halogens is 3. The Morgan fingerprint density at radius 3 is 2.55 bits per heavy atom. The number of ketones is 1. The molecule has 10 heteroatoms. The summed E-state index contributed by atoms with van der Waals surface area (Å²) in [6, 6.07) is 0. The lowest BCUT2D eigenvalue weighted by Gasteiger charge is -2.07. The predicted octanol–water partition coefficient (Wildman–Crippen LogP) is 2.03. The predicted molar refractivity (Wildman–Crippen MR) is 64.4 cm³/mol. The van der Waals surface area contributed by atoms with E-state index < -0.39 is 24.5 Å². The highest BCUT2D eigenvalue weighted by molar-refractivity contribution is 7.17. The summed E-state index contributed by atoms with van der Waals surface area (Å²) in [7, 11) is 0. The minimum Gasteiger partial charge on any atom is -0.476 e. The summed E-state index contributed by atoms with van der Waals surface area (Å²) in [5.41, 5.74) is -0.374. The Balaban J connectivity index is 2.51. The molecule has 0 saturated heterocycles. The summed E-state index contributed by atoms with van der Waals surface area (Å²) in [5, 5.41) is 11.6. The molecule has 1 aromatic heterocycles. The molecule has 0 aliphatic heterocycles. The minimum absolute atomic E-state index is 0.0139. The maximum atomic E-state index is 11.8. The number of aromatic carboxylic acids is 1. The van der Waals surface area contributed by atoms with Crippen LogP contribution in [0.25, 0.3) is 0 Å². The topological polar surface area (TPSA) is 88.5 Å². The maximum Gasteiger partial charge on any atom is 0.411 e. The molecule has 0 unspecified atom stereocenters. The van der Waals surface area contributed by atoms with E-state index in [0.29, 0.717) is 0 Å². The quantitative estimate of drug-likeness (QED) is 0.591. The number of anilines is 1. The molecule has 0 amide bonds. The zero-order chi connectivity index (χ0) is 15.3. The van der Waals surface area contributed by atoms with Gasteiger partial charge in [-0.1, -0.05) is 11.3 Å². The summed E-state index contributed by atoms with van der Waals surface area (Å²) >= 11 is 0.829. The average Bonchev–Trinajstić information content (AvgIpc) is 2.71. The summed E-state index contributed by atoms with van der Waals surface area (Å²) in [5.74, 6) is -1.78. The number of thiazole rings is 1. The van der Waals surface area contributed by atoms with Crippen molar-refractivity contribution < 1.29 is 32.6 Å². The first-order valence-corrected chi connectivity index (χ1v) is 6.16. The van der Waals surface area contributed by atoms with Crippen molar-refractivity contribution in [2.75, 3.05) is 25.1 Å². The Morgan fingerprint density at radius 2 is 2.10 bits per heavy atom. The SMILES string of the molecule is CC(=O)c1sc(NCCOCC(F)(F)F)nc1C(=O)O. The lowest BCUT2D eigenvalue weighted by molar-refractivity contribution is -0.172. The normalized spacial score (nSPS) is 11.4. The van der Waals surface area contributed by atoms with Gasteiger partial charge in [-0.2, -0.15) is 13.2 Å². The van der Waals surface area contributed by atoms with Gasteiger partial charge in [0.25, 0.3) is 0 Å². The third kappa shape index (κ3) is 5.13. The fourth-order valence-electron chi connectivity index (χ4n) is 1.20. The molecule has 0 fully saturated rings. The van der Waals surface area contributed by atoms with E-state index in [0.717, 1.165) is 11.3 Å². The number of alkyl halides is 3. The van der Waals surface area contributed by atoms with Gasteiger partial charge in [-0.3, -0.25) is 4.79 Å². The van der Waals surface area contributed by atoms with Crippen LogP contribution in [0, 0.1) is 0 Å². The number of hydrogen-bond donors (Lipinski definition) is 2. The van der Waals surface area contributed by atoms with Crippen molar-refractivity contribution in [1.29, 1.82) is 0 Å². The van der Waals surface area contributed by atoms with Gasteiger partial charge in [0.05, 0.1) is 6.61 Å². The van der Waals surface area contributed by atoms with Crippen molar-refractivity contribution >= 4 is 28.2 Å². The number of carboxylic acids is 1. The Bertz CT molecular complexity index is 470. The van der Waals surface area contributed by atoms with Crippen LogP contribution in [-0.4, -0.2) is 47.8 Å². The van der Waals surface area contributed by atoms with Crippen molar-refractivity contribution in [3.05, 3.63) is 10.6 Å². The number of rotatable bonds is 7. The number of hydrogen-bond acceptors (Lipinski definition) is 6. The number of carbonyl (C=O) groups excluding carboxylic acids is 1. The third-order valence-electron chi connectivity index (χ3n) is 1.94. The van der Waals surface area contributed by atoms with Gasteiger partial charge in [-0.05, 0) is 0 Å². The molecular weight excluding hydrogens is 301 g/mol. The second kappa shape index (κ2) is 6.66. The molecule has 112 valence electrons. The number of aromatic nitrogens is 1. The van der Waals surface area contributed by atoms with Crippen molar-refractivity contribution in [2.24, 2.45) is 0 Å². The van der Waals surface area contributed by atoms with Crippen LogP contribution in [0.5, 0.6) is 0 Å². The van der Waals surface area contributed by atoms with E-state index in [-0.39, 0.29) is 28.9 Å². The second-order valence-corrected chi connectivity index (χ2v) is 4.65. The van der Waals surface area contributed by atoms with Crippen LogP contribution in [0.1, 0.15) is 27.1 Å². The Kier molecular flexibility index (Phi) is 5.45. The first-order valence-electron chi connectivity index (χ1n) is 5.34. The molecule has 0 radical (unpaired) electrons. The lowest BCUT2D eigenvalue weighted by Crippen LogP contribution is -2.20. The van der Waals surface area contributed by atoms with Gasteiger partial charge in [-0.25, -0.2) is 9.78 Å². The molecule has 0 spiro atoms. The molecular formula is C10H11F3N2O4S. The molecule has 0 aromatic carbocycles. The highest BCUT2D eigenvalue weighted by atomic mass is 32.1. The molecule has 1 heterocycles. The highest BCUT2D eigenvalue weighted by Gasteiger charge is 2.27. The van der Waals surface area contributed by atoms with Crippen LogP contribution in [0.4, 0.5) is 18.3 Å². The van der Waals surface area contributed by atoms with E-state index >= 15 is 0 Å². The van der Waals surface area contributed by atoms with Crippen LogP contribution in [-0.2, 0) is 4.74 Å². The van der Waals surface area contributed by atoms with Gasteiger partial charge < -0.3 is 15.2 Å². The first-order chi connectivity index (χ1) is 9.20. The van der Waals surface area contributed by atoms with Gasteiger partial charge >= 0.3 is 12.1 Å². The Hall–Kier alpha value is -1.68. The number of carboxylic acid groups (broad SMARTS) is 1. The maximum absolute atomic E-state index is 11.8. The average molecular weight is 312 g/mol. The molecule has 0 aliphatic carbocycles. The molecule has 6 nitrogen and oxygen atoms in total. The van der Waals surface area contributed by atoms with Crippen molar-refractivity contribution in [3.8, 4) is 0 Å². The van der Waals surface area contributed by atoms with Crippen LogP contribution in [0.2, 0.25) is 0 Å². The molecule has 0 aliphatic rings. The largest absolute Gasteiger partial charge is 0.476 e. The van der Waals surface area contributed by atoms with E-state index in [2.05, 4.69) is 15.0 Å². The number of nitrogens with zero attached hydrogens (tertiary/aromatic N) is 1. The van der Waals surface area contributed by atoms with E-state index in [1.165, 1.54) is 6.92 Å². The van der Waals surface area contributed by atoms with Gasteiger partial charge in [0.15, 0.2) is 16.6 Å². The zero-order valence-electron chi connectivity index (χ0n) is 10.3. The van der Waals surface area contributed by atoms with E-state index in [4.69, 9.17) is 5.11 Å². The molecule has 0 bridgehead atoms. The monoisotopic (exact) mass is 312 g/mol. The van der Waals surface area contributed by atoms with Gasteiger partial charge in [0.2, 0.25) is 0 Å². The molecule has 1 aromatic rings. The van der Waals surface area contributed by atoms with Crippen molar-refractivity contribution in [3.63, 3.8) is 0 Å². The number of Topliss-reactive ketones (excluding diaryl/α,β-unsaturated/α-hetero) is 1. The zero-order valence-corrected chi connectivity index (χ0v) is 11.1. The van der Waals surface area contributed by atoms with Gasteiger partial charge in [0, 0.05) is 13.5 Å². The fourth-order valence-corrected chi connectivity index (χ4v) is 2.08. The summed E-state index contributed by atoms with van der Waals surface area (Å²) < 4.78 is 39.7. The van der Waals surface area contributed by atoms with Crippen molar-refractivity contribution in [2.45, 2.75) is 13.1 Å². The van der Waals surface area contributed by atoms with E-state index in [9.17, 15) is 22.8 Å². The lowest BCUT2D eigenvalue weighted by atomic mass is 10.3. The summed E-state index contributed by atoms with van der Waals surface area (Å²) in [4.78, 5) is 25.7. The molecule has 2 N–H and O–H groups in total. The smallest absolute Gasteiger partial charge is 0.411 e. The fraction of sp³-hybridized carbons (Fsp3) is 0.500. The van der Waals surface area contributed by atoms with Crippen LogP contribution in [0.3, 0.4) is 0 Å².